The third-order valence-electron chi connectivity index (χ3n) is 4.27. The molecule has 1 N–H and O–H groups in total. The molecule has 0 saturated heterocycles. The van der Waals surface area contributed by atoms with Crippen LogP contribution in [0.25, 0.3) is 0 Å². The summed E-state index contributed by atoms with van der Waals surface area (Å²) in [7, 11) is 1.78. The Balaban J connectivity index is 1.90. The standard InChI is InChI=1S/C20H25NO3/c1-4-19(22)17-10-12-18(13-11-17)24-14-20(23)21(3)15(2)16-8-6-5-7-9-16/h5-13,15,19,22H,4,14H2,1-3H3. The average Bonchev–Trinajstić information content (AvgIpc) is 2.65. The van der Waals surface area contributed by atoms with E-state index < -0.39 is 6.10 Å². The first-order valence-electron chi connectivity index (χ1n) is 8.24. The molecule has 4 nitrogen and oxygen atoms in total. The Morgan fingerprint density at radius 2 is 1.71 bits per heavy atom. The van der Waals surface area contributed by atoms with Crippen molar-refractivity contribution < 1.29 is 14.6 Å². The molecule has 0 aromatic heterocycles. The summed E-state index contributed by atoms with van der Waals surface area (Å²) in [6, 6.07) is 17.1. The molecule has 4 heteroatoms. The molecule has 2 aromatic carbocycles. The molecule has 0 spiro atoms. The maximum atomic E-state index is 12.3. The van der Waals surface area contributed by atoms with Gasteiger partial charge in [-0.15, -0.1) is 0 Å². The predicted molar refractivity (Wildman–Crippen MR) is 94.8 cm³/mol. The number of hydrogen-bond donors (Lipinski definition) is 1. The lowest BCUT2D eigenvalue weighted by Gasteiger charge is -2.25. The molecule has 0 aliphatic carbocycles. The number of carbonyl (C=O) groups excluding carboxylic acids is 1. The number of rotatable bonds is 7. The van der Waals surface area contributed by atoms with Crippen LogP contribution in [-0.4, -0.2) is 29.6 Å². The van der Waals surface area contributed by atoms with Gasteiger partial charge in [0.05, 0.1) is 12.1 Å². The summed E-state index contributed by atoms with van der Waals surface area (Å²) < 4.78 is 5.57. The van der Waals surface area contributed by atoms with Gasteiger partial charge in [-0.05, 0) is 36.6 Å². The molecular formula is C20H25NO3. The maximum absolute atomic E-state index is 12.3. The molecular weight excluding hydrogens is 302 g/mol. The van der Waals surface area contributed by atoms with Crippen molar-refractivity contribution in [2.75, 3.05) is 13.7 Å². The van der Waals surface area contributed by atoms with Gasteiger partial charge in [0.1, 0.15) is 5.75 Å². The van der Waals surface area contributed by atoms with Gasteiger partial charge < -0.3 is 14.7 Å². The Hall–Kier alpha value is -2.33. The molecule has 0 radical (unpaired) electrons. The van der Waals surface area contributed by atoms with Crippen molar-refractivity contribution in [2.24, 2.45) is 0 Å². The fraction of sp³-hybridized carbons (Fsp3) is 0.350. The van der Waals surface area contributed by atoms with Gasteiger partial charge in [0, 0.05) is 7.05 Å². The second-order valence-corrected chi connectivity index (χ2v) is 5.87. The molecule has 0 fully saturated rings. The molecule has 0 heterocycles. The van der Waals surface area contributed by atoms with Gasteiger partial charge in [-0.2, -0.15) is 0 Å². The molecule has 2 rings (SSSR count). The SMILES string of the molecule is CCC(O)c1ccc(OCC(=O)N(C)C(C)c2ccccc2)cc1. The predicted octanol–water partition coefficient (Wildman–Crippen LogP) is 3.73. The molecule has 0 aliphatic rings. The second kappa shape index (κ2) is 8.50. The summed E-state index contributed by atoms with van der Waals surface area (Å²) in [5.74, 6) is 0.542. The molecule has 1 amide bonds. The molecule has 2 atom stereocenters. The lowest BCUT2D eigenvalue weighted by atomic mass is 10.1. The highest BCUT2D eigenvalue weighted by Crippen LogP contribution is 2.21. The lowest BCUT2D eigenvalue weighted by Crippen LogP contribution is -2.33. The van der Waals surface area contributed by atoms with Gasteiger partial charge >= 0.3 is 0 Å². The zero-order chi connectivity index (χ0) is 17.5. The minimum absolute atomic E-state index is 0.00984. The topological polar surface area (TPSA) is 49.8 Å². The van der Waals surface area contributed by atoms with Crippen LogP contribution in [0.5, 0.6) is 5.75 Å². The Labute approximate surface area is 143 Å². The van der Waals surface area contributed by atoms with Crippen LogP contribution < -0.4 is 4.74 Å². The van der Waals surface area contributed by atoms with Crippen LogP contribution in [0, 0.1) is 0 Å². The smallest absolute Gasteiger partial charge is 0.260 e. The highest BCUT2D eigenvalue weighted by atomic mass is 16.5. The van der Waals surface area contributed by atoms with Crippen molar-refractivity contribution in [3.05, 3.63) is 65.7 Å². The zero-order valence-electron chi connectivity index (χ0n) is 14.5. The van der Waals surface area contributed by atoms with Gasteiger partial charge in [0.15, 0.2) is 6.61 Å². The summed E-state index contributed by atoms with van der Waals surface area (Å²) in [6.45, 7) is 3.91. The molecule has 0 saturated carbocycles. The van der Waals surface area contributed by atoms with Crippen molar-refractivity contribution in [2.45, 2.75) is 32.4 Å². The highest BCUT2D eigenvalue weighted by molar-refractivity contribution is 5.78. The van der Waals surface area contributed by atoms with E-state index in [1.54, 1.807) is 24.1 Å². The number of nitrogens with zero attached hydrogens (tertiary/aromatic N) is 1. The van der Waals surface area contributed by atoms with Crippen molar-refractivity contribution in [3.63, 3.8) is 0 Å². The van der Waals surface area contributed by atoms with Gasteiger partial charge in [0.25, 0.3) is 5.91 Å². The van der Waals surface area contributed by atoms with Crippen molar-refractivity contribution in [1.82, 2.24) is 4.90 Å². The number of benzene rings is 2. The van der Waals surface area contributed by atoms with Crippen LogP contribution in [0.1, 0.15) is 43.5 Å². The van der Waals surface area contributed by atoms with Crippen LogP contribution in [-0.2, 0) is 4.79 Å². The van der Waals surface area contributed by atoms with E-state index in [1.807, 2.05) is 56.3 Å². The first-order valence-corrected chi connectivity index (χ1v) is 8.24. The minimum atomic E-state index is -0.460. The Bertz CT molecular complexity index is 640. The van der Waals surface area contributed by atoms with Crippen molar-refractivity contribution in [1.29, 1.82) is 0 Å². The fourth-order valence-electron chi connectivity index (χ4n) is 2.44. The number of aliphatic hydroxyl groups excluding tert-OH is 1. The largest absolute Gasteiger partial charge is 0.484 e. The monoisotopic (exact) mass is 327 g/mol. The Morgan fingerprint density at radius 3 is 2.29 bits per heavy atom. The van der Waals surface area contributed by atoms with E-state index in [-0.39, 0.29) is 18.6 Å². The second-order valence-electron chi connectivity index (χ2n) is 5.87. The van der Waals surface area contributed by atoms with Crippen LogP contribution >= 0.6 is 0 Å². The Kier molecular flexibility index (Phi) is 6.38. The van der Waals surface area contributed by atoms with Crippen LogP contribution in [0.3, 0.4) is 0 Å². The summed E-state index contributed by atoms with van der Waals surface area (Å²) in [5, 5.41) is 9.78. The summed E-state index contributed by atoms with van der Waals surface area (Å²) in [4.78, 5) is 14.0. The minimum Gasteiger partial charge on any atom is -0.484 e. The number of hydrogen-bond acceptors (Lipinski definition) is 3. The van der Waals surface area contributed by atoms with Crippen LogP contribution in [0.15, 0.2) is 54.6 Å². The quantitative estimate of drug-likeness (QED) is 0.843. The van der Waals surface area contributed by atoms with Crippen LogP contribution in [0.4, 0.5) is 0 Å². The van der Waals surface area contributed by atoms with Gasteiger partial charge in [-0.3, -0.25) is 4.79 Å². The van der Waals surface area contributed by atoms with E-state index >= 15 is 0 Å². The molecule has 0 bridgehead atoms. The summed E-state index contributed by atoms with van der Waals surface area (Å²) in [6.07, 6.45) is 0.208. The van der Waals surface area contributed by atoms with E-state index in [4.69, 9.17) is 4.74 Å². The molecule has 128 valence electrons. The molecule has 2 aromatic rings. The number of aliphatic hydroxyl groups is 1. The van der Waals surface area contributed by atoms with E-state index in [0.29, 0.717) is 12.2 Å². The Morgan fingerprint density at radius 1 is 1.08 bits per heavy atom. The number of amides is 1. The average molecular weight is 327 g/mol. The van der Waals surface area contributed by atoms with E-state index in [2.05, 4.69) is 0 Å². The van der Waals surface area contributed by atoms with Crippen molar-refractivity contribution in [3.8, 4) is 5.75 Å². The third-order valence-corrected chi connectivity index (χ3v) is 4.27. The lowest BCUT2D eigenvalue weighted by molar-refractivity contribution is -0.134. The maximum Gasteiger partial charge on any atom is 0.260 e. The molecule has 2 unspecified atom stereocenters. The number of ether oxygens (including phenoxy) is 1. The highest BCUT2D eigenvalue weighted by Gasteiger charge is 2.17. The van der Waals surface area contributed by atoms with Gasteiger partial charge in [-0.1, -0.05) is 49.4 Å². The van der Waals surface area contributed by atoms with E-state index in [0.717, 1.165) is 11.1 Å². The fourth-order valence-corrected chi connectivity index (χ4v) is 2.44. The molecule has 24 heavy (non-hydrogen) atoms. The van der Waals surface area contributed by atoms with E-state index in [9.17, 15) is 9.90 Å². The first kappa shape index (κ1) is 18.0. The van der Waals surface area contributed by atoms with E-state index in [1.165, 1.54) is 0 Å². The van der Waals surface area contributed by atoms with Crippen LogP contribution in [0.2, 0.25) is 0 Å². The van der Waals surface area contributed by atoms with Crippen molar-refractivity contribution >= 4 is 5.91 Å². The summed E-state index contributed by atoms with van der Waals surface area (Å²) in [5.41, 5.74) is 1.94. The summed E-state index contributed by atoms with van der Waals surface area (Å²) >= 11 is 0. The van der Waals surface area contributed by atoms with Gasteiger partial charge in [0.2, 0.25) is 0 Å². The zero-order valence-corrected chi connectivity index (χ0v) is 14.5. The normalized spacial score (nSPS) is 13.2. The third kappa shape index (κ3) is 4.59. The number of likely N-dealkylation sites (N-methyl/N-ethyl adjacent to an activating group) is 1. The molecule has 0 aliphatic heterocycles. The first-order chi connectivity index (χ1) is 11.5. The number of carbonyl (C=O) groups is 1. The van der Waals surface area contributed by atoms with Gasteiger partial charge in [-0.25, -0.2) is 0 Å².